The minimum Gasteiger partial charge on any atom is -0.560 e. The highest BCUT2D eigenvalue weighted by atomic mass is 16.7. The lowest BCUT2D eigenvalue weighted by Gasteiger charge is -2.32. The quantitative estimate of drug-likeness (QED) is 0.149. The Hall–Kier alpha value is -1.34. The van der Waals surface area contributed by atoms with Gasteiger partial charge in [-0.2, -0.15) is 0 Å². The summed E-state index contributed by atoms with van der Waals surface area (Å²) >= 11 is 0. The maximum Gasteiger partial charge on any atom is 0.457 e. The van der Waals surface area contributed by atoms with Crippen LogP contribution in [-0.4, -0.2) is 57.7 Å². The van der Waals surface area contributed by atoms with Crippen LogP contribution in [0.1, 0.15) is 53.4 Å². The molecule has 1 fully saturated rings. The van der Waals surface area contributed by atoms with Gasteiger partial charge in [-0.25, -0.2) is 9.79 Å². The summed E-state index contributed by atoms with van der Waals surface area (Å²) in [6, 6.07) is 0. The fraction of sp³-hybridized carbons (Fsp3) is 0.812. The van der Waals surface area contributed by atoms with Crippen molar-refractivity contribution in [3.63, 3.8) is 0 Å². The van der Waals surface area contributed by atoms with Crippen LogP contribution in [0.4, 0.5) is 0 Å². The van der Waals surface area contributed by atoms with Crippen LogP contribution >= 0.6 is 0 Å². The van der Waals surface area contributed by atoms with Crippen LogP contribution in [-0.2, 0) is 28.3 Å². The van der Waals surface area contributed by atoms with Crippen molar-refractivity contribution in [2.75, 3.05) is 7.11 Å². The number of ether oxygens (including phenoxy) is 1. The lowest BCUT2D eigenvalue weighted by molar-refractivity contribution is -0.148. The van der Waals surface area contributed by atoms with E-state index in [1.165, 1.54) is 7.11 Å². The van der Waals surface area contributed by atoms with Crippen LogP contribution in [0.25, 0.3) is 0 Å². The third-order valence-corrected chi connectivity index (χ3v) is 4.93. The molecule has 1 atom stereocenters. The van der Waals surface area contributed by atoms with Gasteiger partial charge in [0.15, 0.2) is 11.9 Å². The van der Waals surface area contributed by atoms with Crippen molar-refractivity contribution >= 4 is 33.8 Å². The summed E-state index contributed by atoms with van der Waals surface area (Å²) in [5, 5.41) is 0. The molecule has 1 heterocycles. The molecular weight excluding hydrogens is 324 g/mol. The average Bonchev–Trinajstić information content (AvgIpc) is 2.75. The molecule has 0 amide bonds. The minimum absolute atomic E-state index is 0.101. The molecule has 2 radical (unpaired) electrons. The third-order valence-electron chi connectivity index (χ3n) is 4.93. The van der Waals surface area contributed by atoms with Crippen LogP contribution in [0.2, 0.25) is 6.32 Å². The molecular formula is C16H27B2NO6. The van der Waals surface area contributed by atoms with E-state index in [9.17, 15) is 9.59 Å². The molecule has 0 unspecified atom stereocenters. The summed E-state index contributed by atoms with van der Waals surface area (Å²) in [4.78, 5) is 27.1. The average molecular weight is 351 g/mol. The van der Waals surface area contributed by atoms with Gasteiger partial charge in [-0.15, -0.1) is 0 Å². The standard InChI is InChI=1S/C16H27B2NO6/c1-14(2)15(3,4)25-18(24-14)10-7-6-8-16(9-11-20,13(21)22-5)19-12-23-17/h11-12H,6-10H2,1-5H3/t16-/m1/s1. The highest BCUT2D eigenvalue weighted by Gasteiger charge is 2.50. The second-order valence-electron chi connectivity index (χ2n) is 7.20. The van der Waals surface area contributed by atoms with Gasteiger partial charge in [-0.05, 0) is 40.4 Å². The number of rotatable bonds is 10. The fourth-order valence-corrected chi connectivity index (χ4v) is 2.73. The number of carbonyl (C=O) groups is 2. The van der Waals surface area contributed by atoms with Crippen molar-refractivity contribution in [3.05, 3.63) is 0 Å². The number of methoxy groups -OCH3 is 1. The van der Waals surface area contributed by atoms with Crippen LogP contribution < -0.4 is 0 Å². The Labute approximate surface area is 151 Å². The number of aliphatic imine (C=N–C) groups is 1. The Morgan fingerprint density at radius 2 is 1.84 bits per heavy atom. The number of esters is 1. The first kappa shape index (κ1) is 21.7. The summed E-state index contributed by atoms with van der Waals surface area (Å²) < 4.78 is 21.0. The lowest BCUT2D eigenvalue weighted by Crippen LogP contribution is -2.41. The molecule has 1 rings (SSSR count). The molecule has 1 aliphatic rings. The summed E-state index contributed by atoms with van der Waals surface area (Å²) in [5.41, 5.74) is -2.05. The van der Waals surface area contributed by atoms with E-state index in [1.807, 2.05) is 27.7 Å². The number of aldehydes is 1. The van der Waals surface area contributed by atoms with E-state index in [0.717, 1.165) is 12.8 Å². The minimum atomic E-state index is -1.31. The van der Waals surface area contributed by atoms with Crippen LogP contribution in [0.3, 0.4) is 0 Å². The molecule has 0 spiro atoms. The van der Waals surface area contributed by atoms with Gasteiger partial charge in [-0.1, -0.05) is 12.8 Å². The summed E-state index contributed by atoms with van der Waals surface area (Å²) in [5.74, 6) is -0.594. The number of carbonyl (C=O) groups excluding carboxylic acids is 2. The monoisotopic (exact) mass is 351 g/mol. The number of nitrogens with zero attached hydrogens (tertiary/aromatic N) is 1. The highest BCUT2D eigenvalue weighted by Crippen LogP contribution is 2.38. The predicted molar refractivity (Wildman–Crippen MR) is 95.5 cm³/mol. The smallest absolute Gasteiger partial charge is 0.457 e. The fourth-order valence-electron chi connectivity index (χ4n) is 2.73. The maximum atomic E-state index is 12.1. The van der Waals surface area contributed by atoms with Crippen molar-refractivity contribution in [3.8, 4) is 0 Å². The van der Waals surface area contributed by atoms with Crippen molar-refractivity contribution in [2.45, 2.75) is 76.4 Å². The van der Waals surface area contributed by atoms with E-state index in [1.54, 1.807) is 0 Å². The highest BCUT2D eigenvalue weighted by molar-refractivity contribution is 6.45. The summed E-state index contributed by atoms with van der Waals surface area (Å²) in [6.45, 7) is 8.00. The van der Waals surface area contributed by atoms with E-state index in [-0.39, 0.29) is 24.7 Å². The first-order chi connectivity index (χ1) is 11.6. The van der Waals surface area contributed by atoms with E-state index in [4.69, 9.17) is 22.1 Å². The molecule has 25 heavy (non-hydrogen) atoms. The molecule has 0 bridgehead atoms. The summed E-state index contributed by atoms with van der Waals surface area (Å²) in [7, 11) is 5.90. The zero-order valence-electron chi connectivity index (χ0n) is 15.7. The first-order valence-electron chi connectivity index (χ1n) is 8.41. The van der Waals surface area contributed by atoms with Crippen LogP contribution in [0.5, 0.6) is 0 Å². The zero-order chi connectivity index (χ0) is 19.1. The van der Waals surface area contributed by atoms with Gasteiger partial charge >= 0.3 is 21.1 Å². The lowest BCUT2D eigenvalue weighted by atomic mass is 9.80. The molecule has 9 heteroatoms. The second-order valence-corrected chi connectivity index (χ2v) is 7.20. The van der Waals surface area contributed by atoms with Gasteiger partial charge < -0.3 is 23.5 Å². The largest absolute Gasteiger partial charge is 0.560 e. The molecule has 1 saturated heterocycles. The van der Waals surface area contributed by atoms with Gasteiger partial charge in [0.05, 0.1) is 18.3 Å². The van der Waals surface area contributed by atoms with E-state index < -0.39 is 11.5 Å². The maximum absolute atomic E-state index is 12.1. The van der Waals surface area contributed by atoms with Gasteiger partial charge in [0.1, 0.15) is 6.29 Å². The Balaban J connectivity index is 2.62. The van der Waals surface area contributed by atoms with Gasteiger partial charge in [0.2, 0.25) is 0 Å². The molecule has 0 aromatic rings. The van der Waals surface area contributed by atoms with Crippen molar-refractivity contribution < 1.29 is 28.3 Å². The normalized spacial score (nSPS) is 21.1. The molecule has 0 aromatic heterocycles. The van der Waals surface area contributed by atoms with Gasteiger partial charge in [-0.3, -0.25) is 0 Å². The predicted octanol–water partition coefficient (Wildman–Crippen LogP) is 1.88. The van der Waals surface area contributed by atoms with Gasteiger partial charge in [0, 0.05) is 6.42 Å². The second kappa shape index (κ2) is 8.85. The number of hydrogen-bond acceptors (Lipinski definition) is 7. The van der Waals surface area contributed by atoms with Gasteiger partial charge in [0.25, 0.3) is 0 Å². The molecule has 138 valence electrons. The first-order valence-corrected chi connectivity index (χ1v) is 8.41. The van der Waals surface area contributed by atoms with Crippen molar-refractivity contribution in [1.29, 1.82) is 0 Å². The Morgan fingerprint density at radius 1 is 1.24 bits per heavy atom. The molecule has 7 nitrogen and oxygen atoms in total. The zero-order valence-corrected chi connectivity index (χ0v) is 15.7. The van der Waals surface area contributed by atoms with Crippen molar-refractivity contribution in [1.82, 2.24) is 0 Å². The molecule has 1 aliphatic heterocycles. The number of unbranched alkanes of at least 4 members (excludes halogenated alkanes) is 1. The molecule has 0 aromatic carbocycles. The Morgan fingerprint density at radius 3 is 2.32 bits per heavy atom. The number of hydrogen-bond donors (Lipinski definition) is 0. The van der Waals surface area contributed by atoms with E-state index in [0.29, 0.717) is 25.4 Å². The Kier molecular flexibility index (Phi) is 7.68. The van der Waals surface area contributed by atoms with Crippen molar-refractivity contribution in [2.24, 2.45) is 4.99 Å². The molecule has 0 saturated carbocycles. The SMILES string of the molecule is [B]OC=N[C@@](CC=O)(CCCCB1OC(C)(C)C(C)(C)O1)C(=O)OC. The van der Waals surface area contributed by atoms with E-state index in [2.05, 4.69) is 9.65 Å². The van der Waals surface area contributed by atoms with Crippen LogP contribution in [0, 0.1) is 0 Å². The third kappa shape index (κ3) is 5.31. The van der Waals surface area contributed by atoms with E-state index >= 15 is 0 Å². The molecule has 0 N–H and O–H groups in total. The van der Waals surface area contributed by atoms with Crippen LogP contribution in [0.15, 0.2) is 4.99 Å². The summed E-state index contributed by atoms with van der Waals surface area (Å²) in [6.07, 6.45) is 3.88. The Bertz CT molecular complexity index is 481. The topological polar surface area (TPSA) is 83.4 Å². The molecule has 0 aliphatic carbocycles.